The third-order valence-electron chi connectivity index (χ3n) is 3.03. The van der Waals surface area contributed by atoms with Gasteiger partial charge >= 0.3 is 0 Å². The summed E-state index contributed by atoms with van der Waals surface area (Å²) < 4.78 is 0. The number of anilines is 1. The van der Waals surface area contributed by atoms with E-state index < -0.39 is 0 Å². The zero-order chi connectivity index (χ0) is 14.8. The van der Waals surface area contributed by atoms with E-state index in [1.807, 2.05) is 13.0 Å². The molecule has 2 N–H and O–H groups in total. The predicted octanol–water partition coefficient (Wildman–Crippen LogP) is 1.59. The van der Waals surface area contributed by atoms with Crippen molar-refractivity contribution in [1.29, 1.82) is 5.26 Å². The van der Waals surface area contributed by atoms with Crippen LogP contribution in [0.4, 0.5) is 5.69 Å². The second kappa shape index (κ2) is 9.08. The molecule has 1 aromatic carbocycles. The number of benzene rings is 1. The van der Waals surface area contributed by atoms with Gasteiger partial charge in [0.25, 0.3) is 0 Å². The summed E-state index contributed by atoms with van der Waals surface area (Å²) >= 11 is 0. The lowest BCUT2D eigenvalue weighted by atomic mass is 10.2. The molecule has 1 amide bonds. The van der Waals surface area contributed by atoms with Gasteiger partial charge in [-0.15, -0.1) is 0 Å². The van der Waals surface area contributed by atoms with Gasteiger partial charge in [-0.1, -0.05) is 6.92 Å². The van der Waals surface area contributed by atoms with Gasteiger partial charge in [0.2, 0.25) is 5.91 Å². The van der Waals surface area contributed by atoms with Crippen LogP contribution in [-0.2, 0) is 4.79 Å². The summed E-state index contributed by atoms with van der Waals surface area (Å²) in [7, 11) is 0. The molecule has 1 aromatic rings. The Labute approximate surface area is 119 Å². The maximum absolute atomic E-state index is 11.8. The number of nitrogens with one attached hydrogen (secondary N) is 1. The highest BCUT2D eigenvalue weighted by Gasteiger charge is 2.07. The van der Waals surface area contributed by atoms with Crippen molar-refractivity contribution in [2.75, 3.05) is 31.6 Å². The van der Waals surface area contributed by atoms with Gasteiger partial charge in [-0.3, -0.25) is 4.79 Å². The number of nitriles is 1. The van der Waals surface area contributed by atoms with Crippen LogP contribution in [0.1, 0.15) is 25.3 Å². The first kappa shape index (κ1) is 16.2. The number of nitrogens with zero attached hydrogens (tertiary/aromatic N) is 2. The molecule has 0 fully saturated rings. The Bertz CT molecular complexity index is 451. The third kappa shape index (κ3) is 5.83. The van der Waals surface area contributed by atoms with E-state index in [-0.39, 0.29) is 12.5 Å². The number of aliphatic hydroxyl groups excluding tert-OH is 1. The van der Waals surface area contributed by atoms with Crippen LogP contribution in [-0.4, -0.2) is 42.2 Å². The normalized spacial score (nSPS) is 10.3. The van der Waals surface area contributed by atoms with E-state index >= 15 is 0 Å². The number of carbonyl (C=O) groups is 1. The number of hydrogen-bond acceptors (Lipinski definition) is 4. The van der Waals surface area contributed by atoms with Crippen molar-refractivity contribution < 1.29 is 9.90 Å². The molecule has 0 radical (unpaired) electrons. The average Bonchev–Trinajstić information content (AvgIpc) is 2.48. The van der Waals surface area contributed by atoms with Gasteiger partial charge in [-0.05, 0) is 37.2 Å². The molecule has 5 heteroatoms. The maximum Gasteiger partial charge on any atom is 0.225 e. The van der Waals surface area contributed by atoms with E-state index in [1.54, 1.807) is 24.3 Å². The summed E-state index contributed by atoms with van der Waals surface area (Å²) in [6.07, 6.45) is 1.14. The Morgan fingerprint density at radius 2 is 2.05 bits per heavy atom. The highest BCUT2D eigenvalue weighted by molar-refractivity contribution is 5.90. The summed E-state index contributed by atoms with van der Waals surface area (Å²) in [5.74, 6) is -0.0443. The maximum atomic E-state index is 11.8. The van der Waals surface area contributed by atoms with Gasteiger partial charge in [-0.2, -0.15) is 5.26 Å². The fraction of sp³-hybridized carbons (Fsp3) is 0.467. The van der Waals surface area contributed by atoms with Gasteiger partial charge in [0.1, 0.15) is 0 Å². The van der Waals surface area contributed by atoms with Crippen molar-refractivity contribution >= 4 is 11.6 Å². The fourth-order valence-electron chi connectivity index (χ4n) is 1.83. The summed E-state index contributed by atoms with van der Waals surface area (Å²) in [6.45, 7) is 4.56. The summed E-state index contributed by atoms with van der Waals surface area (Å²) in [5, 5.41) is 20.3. The van der Waals surface area contributed by atoms with Crippen LogP contribution in [0.5, 0.6) is 0 Å². The minimum Gasteiger partial charge on any atom is -0.396 e. The molecular weight excluding hydrogens is 254 g/mol. The first-order chi connectivity index (χ1) is 9.69. The highest BCUT2D eigenvalue weighted by atomic mass is 16.3. The SMILES string of the molecule is CCN(CCCO)CCC(=O)Nc1ccc(C#N)cc1. The van der Waals surface area contributed by atoms with Gasteiger partial charge < -0.3 is 15.3 Å². The lowest BCUT2D eigenvalue weighted by Gasteiger charge is -2.19. The van der Waals surface area contributed by atoms with E-state index in [1.165, 1.54) is 0 Å². The molecule has 1 rings (SSSR count). The van der Waals surface area contributed by atoms with E-state index in [4.69, 9.17) is 10.4 Å². The minimum absolute atomic E-state index is 0.0443. The van der Waals surface area contributed by atoms with Crippen LogP contribution in [0.3, 0.4) is 0 Å². The number of aliphatic hydroxyl groups is 1. The Hall–Kier alpha value is -1.90. The molecule has 0 saturated heterocycles. The van der Waals surface area contributed by atoms with Crippen molar-refractivity contribution in [3.8, 4) is 6.07 Å². The Morgan fingerprint density at radius 3 is 2.60 bits per heavy atom. The molecule has 0 heterocycles. The molecule has 0 aliphatic heterocycles. The smallest absolute Gasteiger partial charge is 0.225 e. The second-order valence-corrected chi connectivity index (χ2v) is 4.50. The monoisotopic (exact) mass is 275 g/mol. The second-order valence-electron chi connectivity index (χ2n) is 4.50. The van der Waals surface area contributed by atoms with Crippen molar-refractivity contribution in [2.45, 2.75) is 19.8 Å². The molecule has 0 aromatic heterocycles. The molecule has 0 saturated carbocycles. The molecular formula is C15H21N3O2. The van der Waals surface area contributed by atoms with Crippen LogP contribution in [0.2, 0.25) is 0 Å². The van der Waals surface area contributed by atoms with Crippen LogP contribution < -0.4 is 5.32 Å². The van der Waals surface area contributed by atoms with E-state index in [2.05, 4.69) is 10.2 Å². The standard InChI is InChI=1S/C15H21N3O2/c1-2-18(9-3-11-19)10-8-15(20)17-14-6-4-13(12-16)5-7-14/h4-7,19H,2-3,8-11H2,1H3,(H,17,20). The molecule has 0 bridgehead atoms. The molecule has 20 heavy (non-hydrogen) atoms. The van der Waals surface area contributed by atoms with Gasteiger partial charge in [0, 0.05) is 31.8 Å². The molecule has 0 atom stereocenters. The van der Waals surface area contributed by atoms with Crippen LogP contribution in [0.15, 0.2) is 24.3 Å². The van der Waals surface area contributed by atoms with E-state index in [0.29, 0.717) is 24.2 Å². The Balaban J connectivity index is 2.37. The molecule has 5 nitrogen and oxygen atoms in total. The Morgan fingerprint density at radius 1 is 1.35 bits per heavy atom. The molecule has 0 spiro atoms. The number of hydrogen-bond donors (Lipinski definition) is 2. The van der Waals surface area contributed by atoms with Crippen molar-refractivity contribution in [3.05, 3.63) is 29.8 Å². The van der Waals surface area contributed by atoms with Gasteiger partial charge in [0.15, 0.2) is 0 Å². The van der Waals surface area contributed by atoms with Crippen molar-refractivity contribution in [3.63, 3.8) is 0 Å². The zero-order valence-corrected chi connectivity index (χ0v) is 11.8. The predicted molar refractivity (Wildman–Crippen MR) is 78.2 cm³/mol. The van der Waals surface area contributed by atoms with Crippen LogP contribution >= 0.6 is 0 Å². The third-order valence-corrected chi connectivity index (χ3v) is 3.03. The van der Waals surface area contributed by atoms with Gasteiger partial charge in [0.05, 0.1) is 11.6 Å². The number of rotatable bonds is 8. The first-order valence-corrected chi connectivity index (χ1v) is 6.82. The quantitative estimate of drug-likeness (QED) is 0.755. The first-order valence-electron chi connectivity index (χ1n) is 6.82. The van der Waals surface area contributed by atoms with E-state index in [0.717, 1.165) is 19.5 Å². The van der Waals surface area contributed by atoms with Crippen LogP contribution in [0, 0.1) is 11.3 Å². The summed E-state index contributed by atoms with van der Waals surface area (Å²) in [5.41, 5.74) is 1.27. The summed E-state index contributed by atoms with van der Waals surface area (Å²) in [6, 6.07) is 8.83. The van der Waals surface area contributed by atoms with E-state index in [9.17, 15) is 4.79 Å². The lowest BCUT2D eigenvalue weighted by Crippen LogP contribution is -2.29. The lowest BCUT2D eigenvalue weighted by molar-refractivity contribution is -0.116. The highest BCUT2D eigenvalue weighted by Crippen LogP contribution is 2.09. The van der Waals surface area contributed by atoms with Crippen molar-refractivity contribution in [2.24, 2.45) is 0 Å². The number of carbonyl (C=O) groups excluding carboxylic acids is 1. The average molecular weight is 275 g/mol. The van der Waals surface area contributed by atoms with Gasteiger partial charge in [-0.25, -0.2) is 0 Å². The minimum atomic E-state index is -0.0443. The molecule has 0 aliphatic carbocycles. The fourth-order valence-corrected chi connectivity index (χ4v) is 1.83. The number of amides is 1. The molecule has 0 unspecified atom stereocenters. The molecule has 108 valence electrons. The summed E-state index contributed by atoms with van der Waals surface area (Å²) in [4.78, 5) is 13.9. The van der Waals surface area contributed by atoms with Crippen molar-refractivity contribution in [1.82, 2.24) is 4.90 Å². The Kier molecular flexibility index (Phi) is 7.33. The zero-order valence-electron chi connectivity index (χ0n) is 11.8. The topological polar surface area (TPSA) is 76.4 Å². The largest absolute Gasteiger partial charge is 0.396 e. The van der Waals surface area contributed by atoms with Crippen LogP contribution in [0.25, 0.3) is 0 Å². The molecule has 0 aliphatic rings.